The molecular weight excluding hydrogens is 196 g/mol. The normalized spacial score (nSPS) is 29.7. The van der Waals surface area contributed by atoms with Gasteiger partial charge in [-0.05, 0) is 19.8 Å². The van der Waals surface area contributed by atoms with Gasteiger partial charge in [-0.1, -0.05) is 0 Å². The molecule has 3 fully saturated rings. The molecule has 0 aromatic heterocycles. The van der Waals surface area contributed by atoms with Crippen molar-refractivity contribution >= 4 is 12.0 Å². The van der Waals surface area contributed by atoms with Gasteiger partial charge in [-0.3, -0.25) is 4.79 Å². The molecule has 2 atom stereocenters. The van der Waals surface area contributed by atoms with E-state index in [0.29, 0.717) is 19.7 Å². The van der Waals surface area contributed by atoms with Crippen molar-refractivity contribution in [3.8, 4) is 0 Å². The molecule has 3 rings (SSSR count). The molecule has 0 unspecified atom stereocenters. The van der Waals surface area contributed by atoms with Crippen molar-refractivity contribution in [2.75, 3.05) is 19.7 Å². The first kappa shape index (κ1) is 10.3. The summed E-state index contributed by atoms with van der Waals surface area (Å²) in [4.78, 5) is 24.8. The van der Waals surface area contributed by atoms with Gasteiger partial charge in [0.05, 0.1) is 18.6 Å². The Hall–Kier alpha value is -1.26. The van der Waals surface area contributed by atoms with Crippen LogP contribution >= 0.6 is 0 Å². The first-order chi connectivity index (χ1) is 7.22. The highest BCUT2D eigenvalue weighted by molar-refractivity contribution is 5.81. The molecule has 0 saturated carbocycles. The molecule has 84 valence electrons. The molecule has 0 aliphatic carbocycles. The van der Waals surface area contributed by atoms with Gasteiger partial charge in [-0.25, -0.2) is 4.79 Å². The average molecular weight is 212 g/mol. The van der Waals surface area contributed by atoms with Gasteiger partial charge in [0, 0.05) is 13.1 Å². The molecule has 15 heavy (non-hydrogen) atoms. The van der Waals surface area contributed by atoms with Crippen molar-refractivity contribution < 1.29 is 14.3 Å². The second-order valence-electron chi connectivity index (χ2n) is 4.02. The van der Waals surface area contributed by atoms with Crippen LogP contribution in [0.15, 0.2) is 0 Å². The Balaban J connectivity index is 2.08. The summed E-state index contributed by atoms with van der Waals surface area (Å²) in [5.74, 6) is 0.0254. The number of piperidine rings is 1. The monoisotopic (exact) mass is 212 g/mol. The lowest BCUT2D eigenvalue weighted by molar-refractivity contribution is -0.124. The van der Waals surface area contributed by atoms with Gasteiger partial charge in [0.15, 0.2) is 0 Å². The molecule has 0 spiro atoms. The predicted molar refractivity (Wildman–Crippen MR) is 53.2 cm³/mol. The molecular formula is C10H16N2O3. The van der Waals surface area contributed by atoms with Crippen molar-refractivity contribution in [2.24, 2.45) is 5.92 Å². The Morgan fingerprint density at radius 3 is 3.13 bits per heavy atom. The summed E-state index contributed by atoms with van der Waals surface area (Å²) in [7, 11) is 0. The van der Waals surface area contributed by atoms with E-state index >= 15 is 0 Å². The zero-order valence-corrected chi connectivity index (χ0v) is 8.86. The van der Waals surface area contributed by atoms with Gasteiger partial charge in [-0.15, -0.1) is 0 Å². The Bertz CT molecular complexity index is 280. The van der Waals surface area contributed by atoms with E-state index in [0.717, 1.165) is 12.8 Å². The molecule has 3 saturated heterocycles. The number of nitrogens with one attached hydrogen (secondary N) is 1. The van der Waals surface area contributed by atoms with E-state index in [1.165, 1.54) is 0 Å². The van der Waals surface area contributed by atoms with Crippen LogP contribution in [0.4, 0.5) is 4.79 Å². The van der Waals surface area contributed by atoms with Crippen molar-refractivity contribution in [1.29, 1.82) is 0 Å². The second-order valence-corrected chi connectivity index (χ2v) is 4.02. The summed E-state index contributed by atoms with van der Waals surface area (Å²) < 4.78 is 4.97. The van der Waals surface area contributed by atoms with Crippen molar-refractivity contribution in [2.45, 2.75) is 25.8 Å². The summed E-state index contributed by atoms with van der Waals surface area (Å²) in [6, 6.07) is 0.117. The SMILES string of the molecule is CCOC(=O)N1C[C@H]2CC[C@@H]1CNC2=O. The maximum atomic E-state index is 11.6. The number of fused-ring (bicyclic) bond motifs is 4. The molecule has 0 aromatic rings. The van der Waals surface area contributed by atoms with Gasteiger partial charge >= 0.3 is 6.09 Å². The fourth-order valence-corrected chi connectivity index (χ4v) is 2.25. The van der Waals surface area contributed by atoms with Crippen LogP contribution in [0, 0.1) is 5.92 Å². The number of hydrogen-bond donors (Lipinski definition) is 1. The third-order valence-electron chi connectivity index (χ3n) is 3.09. The standard InChI is InChI=1S/C10H16N2O3/c1-2-15-10(14)12-6-7-3-4-8(12)5-11-9(7)13/h7-8H,2-6H2,1H3,(H,11,13)/t7-,8-/m1/s1. The van der Waals surface area contributed by atoms with Crippen molar-refractivity contribution in [3.05, 3.63) is 0 Å². The summed E-state index contributed by atoms with van der Waals surface area (Å²) >= 11 is 0. The lowest BCUT2D eigenvalue weighted by atomic mass is 9.95. The number of carbonyl (C=O) groups excluding carboxylic acids is 2. The summed E-state index contributed by atoms with van der Waals surface area (Å²) in [6.07, 6.45) is 1.48. The van der Waals surface area contributed by atoms with Crippen LogP contribution in [-0.2, 0) is 9.53 Å². The Kier molecular flexibility index (Phi) is 2.79. The number of nitrogens with zero attached hydrogens (tertiary/aromatic N) is 1. The predicted octanol–water partition coefficient (Wildman–Crippen LogP) is 0.353. The summed E-state index contributed by atoms with van der Waals surface area (Å²) in [6.45, 7) is 3.24. The van der Waals surface area contributed by atoms with Gasteiger partial charge in [-0.2, -0.15) is 0 Å². The van der Waals surface area contributed by atoms with Crippen LogP contribution < -0.4 is 5.32 Å². The molecule has 2 amide bonds. The number of hydrogen-bond acceptors (Lipinski definition) is 3. The highest BCUT2D eigenvalue weighted by atomic mass is 16.6. The minimum atomic E-state index is -0.288. The smallest absolute Gasteiger partial charge is 0.410 e. The maximum absolute atomic E-state index is 11.6. The molecule has 0 aromatic carbocycles. The zero-order chi connectivity index (χ0) is 10.8. The van der Waals surface area contributed by atoms with Crippen molar-refractivity contribution in [3.63, 3.8) is 0 Å². The van der Waals surface area contributed by atoms with E-state index in [1.54, 1.807) is 11.8 Å². The minimum Gasteiger partial charge on any atom is -0.450 e. The summed E-state index contributed by atoms with van der Waals surface area (Å²) in [5, 5.41) is 2.85. The minimum absolute atomic E-state index is 0.0480. The van der Waals surface area contributed by atoms with Crippen LogP contribution in [-0.4, -0.2) is 42.6 Å². The van der Waals surface area contributed by atoms with Gasteiger partial charge in [0.1, 0.15) is 0 Å². The zero-order valence-electron chi connectivity index (χ0n) is 8.86. The average Bonchev–Trinajstić information content (AvgIpc) is 2.50. The molecule has 1 N–H and O–H groups in total. The topological polar surface area (TPSA) is 58.6 Å². The van der Waals surface area contributed by atoms with Crippen LogP contribution in [0.1, 0.15) is 19.8 Å². The molecule has 0 radical (unpaired) electrons. The van der Waals surface area contributed by atoms with E-state index in [-0.39, 0.29) is 24.0 Å². The highest BCUT2D eigenvalue weighted by Crippen LogP contribution is 2.25. The number of rotatable bonds is 1. The van der Waals surface area contributed by atoms with E-state index in [2.05, 4.69) is 5.32 Å². The second kappa shape index (κ2) is 4.08. The van der Waals surface area contributed by atoms with Crippen LogP contribution in [0.3, 0.4) is 0 Å². The largest absolute Gasteiger partial charge is 0.450 e. The van der Waals surface area contributed by atoms with E-state index < -0.39 is 0 Å². The molecule has 5 nitrogen and oxygen atoms in total. The van der Waals surface area contributed by atoms with Crippen LogP contribution in [0.5, 0.6) is 0 Å². The number of carbonyl (C=O) groups is 2. The molecule has 5 heteroatoms. The van der Waals surface area contributed by atoms with Gasteiger partial charge in [0.25, 0.3) is 0 Å². The molecule has 3 aliphatic heterocycles. The quantitative estimate of drug-likeness (QED) is 0.682. The Morgan fingerprint density at radius 2 is 2.40 bits per heavy atom. The number of amides is 2. The Labute approximate surface area is 88.8 Å². The first-order valence-corrected chi connectivity index (χ1v) is 5.43. The maximum Gasteiger partial charge on any atom is 0.410 e. The number of ether oxygens (including phenoxy) is 1. The summed E-state index contributed by atoms with van der Waals surface area (Å²) in [5.41, 5.74) is 0. The third kappa shape index (κ3) is 1.91. The third-order valence-corrected chi connectivity index (χ3v) is 3.09. The fourth-order valence-electron chi connectivity index (χ4n) is 2.25. The molecule has 3 aliphatic rings. The Morgan fingerprint density at radius 1 is 1.60 bits per heavy atom. The van der Waals surface area contributed by atoms with E-state index in [4.69, 9.17) is 4.74 Å². The highest BCUT2D eigenvalue weighted by Gasteiger charge is 2.38. The fraction of sp³-hybridized carbons (Fsp3) is 0.800. The lowest BCUT2D eigenvalue weighted by Gasteiger charge is -2.34. The first-order valence-electron chi connectivity index (χ1n) is 5.43. The molecule has 3 heterocycles. The molecule has 2 bridgehead atoms. The van der Waals surface area contributed by atoms with Gasteiger partial charge < -0.3 is 15.0 Å². The van der Waals surface area contributed by atoms with Crippen molar-refractivity contribution in [1.82, 2.24) is 10.2 Å². The van der Waals surface area contributed by atoms with E-state index in [9.17, 15) is 9.59 Å². The van der Waals surface area contributed by atoms with Crippen LogP contribution in [0.25, 0.3) is 0 Å². The lowest BCUT2D eigenvalue weighted by Crippen LogP contribution is -2.47. The van der Waals surface area contributed by atoms with Gasteiger partial charge in [0.2, 0.25) is 5.91 Å². The van der Waals surface area contributed by atoms with Crippen LogP contribution in [0.2, 0.25) is 0 Å². The van der Waals surface area contributed by atoms with E-state index in [1.807, 2.05) is 0 Å².